The highest BCUT2D eigenvalue weighted by Gasteiger charge is 2.45. The first-order chi connectivity index (χ1) is 20.1. The van der Waals surface area contributed by atoms with Gasteiger partial charge in [-0.2, -0.15) is 0 Å². The van der Waals surface area contributed by atoms with Crippen LogP contribution in [0.2, 0.25) is 5.02 Å². The quantitative estimate of drug-likeness (QED) is 0.175. The normalized spacial score (nSPS) is 21.2. The van der Waals surface area contributed by atoms with Gasteiger partial charge in [0.2, 0.25) is 11.8 Å². The van der Waals surface area contributed by atoms with Gasteiger partial charge in [-0.25, -0.2) is 15.6 Å². The molecule has 42 heavy (non-hydrogen) atoms. The van der Waals surface area contributed by atoms with E-state index in [2.05, 4.69) is 5.32 Å². The highest BCUT2D eigenvalue weighted by Crippen LogP contribution is 2.31. The number of rotatable bonds is 11. The number of nitrogens with zero attached hydrogens (tertiary/aromatic N) is 3. The monoisotopic (exact) mass is 599 g/mol. The second-order valence-electron chi connectivity index (χ2n) is 10.8. The maximum absolute atomic E-state index is 14.0. The van der Waals surface area contributed by atoms with Crippen LogP contribution in [0, 0.1) is 0 Å². The number of hydrogen-bond acceptors (Lipinski definition) is 8. The van der Waals surface area contributed by atoms with E-state index in [4.69, 9.17) is 36.6 Å². The van der Waals surface area contributed by atoms with Crippen molar-refractivity contribution in [2.75, 3.05) is 26.8 Å². The number of amides is 3. The van der Waals surface area contributed by atoms with Crippen molar-refractivity contribution in [2.45, 2.75) is 63.4 Å². The van der Waals surface area contributed by atoms with Gasteiger partial charge in [-0.3, -0.25) is 14.6 Å². The largest absolute Gasteiger partial charge is 0.477 e. The van der Waals surface area contributed by atoms with Crippen molar-refractivity contribution in [1.29, 1.82) is 0 Å². The first kappa shape index (κ1) is 31.3. The third-order valence-corrected chi connectivity index (χ3v) is 7.55. The van der Waals surface area contributed by atoms with E-state index in [0.717, 1.165) is 22.6 Å². The molecule has 2 aromatic carbocycles. The second-order valence-corrected chi connectivity index (χ2v) is 11.2. The molecule has 12 heteroatoms. The molecule has 2 aliphatic heterocycles. The number of esters is 1. The summed E-state index contributed by atoms with van der Waals surface area (Å²) >= 11 is 6.21. The number of likely N-dealkylation sites (tertiary alicyclic amines) is 1. The van der Waals surface area contributed by atoms with E-state index in [0.29, 0.717) is 30.3 Å². The van der Waals surface area contributed by atoms with Gasteiger partial charge < -0.3 is 24.4 Å². The Morgan fingerprint density at radius 3 is 2.64 bits per heavy atom. The Balaban J connectivity index is 1.55. The number of aliphatic imine (C=N–C) groups is 1. The molecule has 11 nitrogen and oxygen atoms in total. The van der Waals surface area contributed by atoms with E-state index in [-0.39, 0.29) is 25.7 Å². The zero-order chi connectivity index (χ0) is 30.3. The van der Waals surface area contributed by atoms with Gasteiger partial charge in [-0.05, 0) is 43.0 Å². The molecule has 0 aromatic heterocycles. The molecule has 0 radical (unpaired) electrons. The fourth-order valence-corrected chi connectivity index (χ4v) is 5.35. The summed E-state index contributed by atoms with van der Waals surface area (Å²) in [5, 5.41) is 4.19. The summed E-state index contributed by atoms with van der Waals surface area (Å²) in [6, 6.07) is 14.9. The van der Waals surface area contributed by atoms with E-state index < -0.39 is 35.7 Å². The van der Waals surface area contributed by atoms with Gasteiger partial charge in [0.05, 0.1) is 12.7 Å². The van der Waals surface area contributed by atoms with E-state index in [1.54, 1.807) is 17.9 Å². The van der Waals surface area contributed by atoms with Crippen LogP contribution in [0.4, 0.5) is 4.79 Å². The SMILES string of the molecule is CC(=O)OC[C@@]1(Cc2cccc(Cl)c2)COC(C2CCCN2C(=O)C(NC(=O)N(C)N)[C@@H](C)OCc2ccccc2)=N1. The number of nitrogens with two attached hydrogens (primary N) is 1. The maximum Gasteiger partial charge on any atom is 0.332 e. The Hall–Kier alpha value is -3.67. The van der Waals surface area contributed by atoms with Gasteiger partial charge in [0, 0.05) is 32.0 Å². The van der Waals surface area contributed by atoms with Crippen LogP contribution in [0.1, 0.15) is 37.8 Å². The molecular weight excluding hydrogens is 562 g/mol. The number of carbonyl (C=O) groups excluding carboxylic acids is 3. The van der Waals surface area contributed by atoms with Crippen LogP contribution in [-0.4, -0.2) is 84.2 Å². The highest BCUT2D eigenvalue weighted by atomic mass is 35.5. The molecule has 4 atom stereocenters. The summed E-state index contributed by atoms with van der Waals surface area (Å²) in [7, 11) is 1.40. The van der Waals surface area contributed by atoms with Gasteiger partial charge in [0.25, 0.3) is 0 Å². The number of urea groups is 1. The topological polar surface area (TPSA) is 136 Å². The molecule has 0 spiro atoms. The van der Waals surface area contributed by atoms with Gasteiger partial charge in [-0.1, -0.05) is 54.1 Å². The lowest BCUT2D eigenvalue weighted by Gasteiger charge is -2.32. The third kappa shape index (κ3) is 7.99. The fraction of sp³-hybridized carbons (Fsp3) is 0.467. The number of carbonyl (C=O) groups is 3. The summed E-state index contributed by atoms with van der Waals surface area (Å²) in [6.07, 6.45) is 1.11. The van der Waals surface area contributed by atoms with Crippen LogP contribution in [0.15, 0.2) is 59.6 Å². The molecule has 1 saturated heterocycles. The molecule has 0 bridgehead atoms. The van der Waals surface area contributed by atoms with Crippen LogP contribution in [0.5, 0.6) is 0 Å². The number of benzene rings is 2. The van der Waals surface area contributed by atoms with Crippen molar-refractivity contribution in [3.63, 3.8) is 0 Å². The summed E-state index contributed by atoms with van der Waals surface area (Å²) in [6.45, 7) is 4.00. The van der Waals surface area contributed by atoms with E-state index in [1.807, 2.05) is 48.5 Å². The average molecular weight is 600 g/mol. The fourth-order valence-electron chi connectivity index (χ4n) is 5.13. The van der Waals surface area contributed by atoms with Crippen molar-refractivity contribution in [2.24, 2.45) is 10.8 Å². The first-order valence-electron chi connectivity index (χ1n) is 13.9. The molecule has 0 aliphatic carbocycles. The Kier molecular flexibility index (Phi) is 10.4. The molecule has 3 N–H and O–H groups in total. The summed E-state index contributed by atoms with van der Waals surface area (Å²) in [4.78, 5) is 44.9. The van der Waals surface area contributed by atoms with Crippen molar-refractivity contribution >= 4 is 35.4 Å². The molecule has 226 valence electrons. The lowest BCUT2D eigenvalue weighted by molar-refractivity contribution is -0.143. The number of nitrogens with one attached hydrogen (secondary N) is 1. The van der Waals surface area contributed by atoms with Gasteiger partial charge in [0.1, 0.15) is 30.8 Å². The highest BCUT2D eigenvalue weighted by molar-refractivity contribution is 6.30. The summed E-state index contributed by atoms with van der Waals surface area (Å²) < 4.78 is 17.5. The Labute approximate surface area is 250 Å². The van der Waals surface area contributed by atoms with Crippen molar-refractivity contribution in [3.8, 4) is 0 Å². The van der Waals surface area contributed by atoms with Crippen LogP contribution in [0.3, 0.4) is 0 Å². The Bertz CT molecular complexity index is 1290. The molecular formula is C30H38ClN5O6. The molecule has 3 amide bonds. The number of halogens is 1. The Morgan fingerprint density at radius 1 is 1.21 bits per heavy atom. The minimum atomic E-state index is -1.01. The minimum absolute atomic E-state index is 0.0187. The molecule has 1 fully saturated rings. The van der Waals surface area contributed by atoms with E-state index >= 15 is 0 Å². The van der Waals surface area contributed by atoms with Gasteiger partial charge in [-0.15, -0.1) is 0 Å². The smallest absolute Gasteiger partial charge is 0.332 e. The molecule has 2 aromatic rings. The van der Waals surface area contributed by atoms with Crippen molar-refractivity contribution in [3.05, 3.63) is 70.7 Å². The zero-order valence-corrected chi connectivity index (χ0v) is 24.9. The molecule has 2 aliphatic rings. The average Bonchev–Trinajstić information content (AvgIpc) is 3.61. The van der Waals surface area contributed by atoms with Crippen LogP contribution in [-0.2, 0) is 36.8 Å². The first-order valence-corrected chi connectivity index (χ1v) is 14.3. The molecule has 0 saturated carbocycles. The lowest BCUT2D eigenvalue weighted by Crippen LogP contribution is -2.58. The Morgan fingerprint density at radius 2 is 1.95 bits per heavy atom. The standard InChI is InChI=1S/C30H38ClN5O6/c1-20(40-17-22-9-5-4-6-10-22)26(33-29(39)35(3)32)28(38)36-14-8-13-25(36)27-34-30(19-42-27,18-41-21(2)37)16-23-11-7-12-24(31)15-23/h4-7,9-12,15,20,25-26H,8,13-14,16-19,32H2,1-3H3,(H,33,39)/t20-,25?,26?,30+/m1/s1. The van der Waals surface area contributed by atoms with E-state index in [9.17, 15) is 14.4 Å². The number of hydrogen-bond donors (Lipinski definition) is 2. The van der Waals surface area contributed by atoms with E-state index in [1.165, 1.54) is 14.0 Å². The minimum Gasteiger partial charge on any atom is -0.477 e. The van der Waals surface area contributed by atoms with Crippen molar-refractivity contribution in [1.82, 2.24) is 15.2 Å². The predicted octanol–water partition coefficient (Wildman–Crippen LogP) is 3.09. The van der Waals surface area contributed by atoms with Gasteiger partial charge in [0.15, 0.2) is 0 Å². The molecule has 2 unspecified atom stereocenters. The molecule has 2 heterocycles. The second kappa shape index (κ2) is 14.0. The summed E-state index contributed by atoms with van der Waals surface area (Å²) in [5.41, 5.74) is 0.986. The summed E-state index contributed by atoms with van der Waals surface area (Å²) in [5.74, 6) is 5.30. The third-order valence-electron chi connectivity index (χ3n) is 7.31. The zero-order valence-electron chi connectivity index (χ0n) is 24.1. The van der Waals surface area contributed by atoms with Crippen LogP contribution < -0.4 is 11.2 Å². The predicted molar refractivity (Wildman–Crippen MR) is 158 cm³/mol. The van der Waals surface area contributed by atoms with Crippen LogP contribution >= 0.6 is 11.6 Å². The number of ether oxygens (including phenoxy) is 3. The maximum atomic E-state index is 14.0. The number of hydrazine groups is 1. The molecule has 4 rings (SSSR count). The van der Waals surface area contributed by atoms with Crippen LogP contribution in [0.25, 0.3) is 0 Å². The lowest BCUT2D eigenvalue weighted by atomic mass is 9.93. The van der Waals surface area contributed by atoms with Crippen molar-refractivity contribution < 1.29 is 28.6 Å². The van der Waals surface area contributed by atoms with Gasteiger partial charge >= 0.3 is 12.0 Å².